The Balaban J connectivity index is 4.43. The molecule has 1 N–H and O–H groups in total. The van der Waals surface area contributed by atoms with Crippen LogP contribution in [0.25, 0.3) is 0 Å². The molecule has 0 saturated heterocycles. The first kappa shape index (κ1) is 16.2. The van der Waals surface area contributed by atoms with E-state index in [-0.39, 0.29) is 0 Å². The predicted octanol–water partition coefficient (Wildman–Crippen LogP) is 4.53. The van der Waals surface area contributed by atoms with E-state index < -0.39 is 11.8 Å². The Morgan fingerprint density at radius 3 is 2.12 bits per heavy atom. The van der Waals surface area contributed by atoms with Crippen molar-refractivity contribution in [2.75, 3.05) is 0 Å². The molecule has 0 heterocycles. The third-order valence-electron chi connectivity index (χ3n) is 3.24. The second-order valence-electron chi connectivity index (χ2n) is 4.54. The van der Waals surface area contributed by atoms with Crippen LogP contribution in [0.1, 0.15) is 72.1 Å². The molecule has 0 aliphatic heterocycles. The smallest absolute Gasteiger partial charge is 0.426 e. The lowest BCUT2D eigenvalue weighted by Crippen LogP contribution is -2.34. The summed E-state index contributed by atoms with van der Waals surface area (Å²) < 4.78 is 5.27. The lowest BCUT2D eigenvalue weighted by atomic mass is 9.88. The fourth-order valence-electron chi connectivity index (χ4n) is 2.04. The summed E-state index contributed by atoms with van der Waals surface area (Å²) in [6.45, 7) is 6.26. The lowest BCUT2D eigenvalue weighted by Gasteiger charge is -2.31. The van der Waals surface area contributed by atoms with Crippen molar-refractivity contribution in [1.82, 2.24) is 0 Å². The first-order valence-corrected chi connectivity index (χ1v) is 6.68. The summed E-state index contributed by atoms with van der Waals surface area (Å²) in [6, 6.07) is 0. The highest BCUT2D eigenvalue weighted by atomic mass is 17.1. The molecule has 0 aromatic heterocycles. The zero-order valence-corrected chi connectivity index (χ0v) is 11.3. The highest BCUT2D eigenvalue weighted by Gasteiger charge is 2.32. The van der Waals surface area contributed by atoms with Crippen molar-refractivity contribution in [3.8, 4) is 0 Å². The SMILES string of the molecule is CCCCCC(CC)(CCCC)OC(=O)OO. The lowest BCUT2D eigenvalue weighted by molar-refractivity contribution is -0.215. The zero-order valence-electron chi connectivity index (χ0n) is 11.3. The van der Waals surface area contributed by atoms with Gasteiger partial charge in [-0.2, -0.15) is 5.26 Å². The second-order valence-corrected chi connectivity index (χ2v) is 4.54. The van der Waals surface area contributed by atoms with Gasteiger partial charge >= 0.3 is 6.16 Å². The van der Waals surface area contributed by atoms with Gasteiger partial charge in [0.15, 0.2) is 0 Å². The molecule has 0 bridgehead atoms. The topological polar surface area (TPSA) is 55.8 Å². The summed E-state index contributed by atoms with van der Waals surface area (Å²) in [4.78, 5) is 14.7. The van der Waals surface area contributed by atoms with Crippen LogP contribution >= 0.6 is 0 Å². The van der Waals surface area contributed by atoms with Crippen LogP contribution in [0.2, 0.25) is 0 Å². The minimum absolute atomic E-state index is 0.467. The molecule has 17 heavy (non-hydrogen) atoms. The van der Waals surface area contributed by atoms with E-state index >= 15 is 0 Å². The van der Waals surface area contributed by atoms with Crippen molar-refractivity contribution in [2.45, 2.75) is 77.7 Å². The number of carbonyl (C=O) groups is 1. The third kappa shape index (κ3) is 6.51. The molecule has 1 atom stereocenters. The van der Waals surface area contributed by atoms with Crippen LogP contribution in [0, 0.1) is 0 Å². The minimum Gasteiger partial charge on any atom is -0.426 e. The number of rotatable bonds is 9. The molecule has 0 radical (unpaired) electrons. The average Bonchev–Trinajstić information content (AvgIpc) is 2.35. The van der Waals surface area contributed by atoms with E-state index in [9.17, 15) is 4.79 Å². The molecule has 0 rings (SSSR count). The molecule has 0 spiro atoms. The highest BCUT2D eigenvalue weighted by Crippen LogP contribution is 2.30. The van der Waals surface area contributed by atoms with Crippen LogP contribution in [0.4, 0.5) is 4.79 Å². The summed E-state index contributed by atoms with van der Waals surface area (Å²) in [5.41, 5.74) is -0.467. The molecule has 0 aromatic carbocycles. The highest BCUT2D eigenvalue weighted by molar-refractivity contribution is 5.59. The van der Waals surface area contributed by atoms with Crippen molar-refractivity contribution < 1.29 is 19.7 Å². The van der Waals surface area contributed by atoms with Gasteiger partial charge in [-0.1, -0.05) is 40.0 Å². The third-order valence-corrected chi connectivity index (χ3v) is 3.24. The van der Waals surface area contributed by atoms with E-state index in [4.69, 9.17) is 9.99 Å². The van der Waals surface area contributed by atoms with E-state index in [0.717, 1.165) is 51.4 Å². The number of unbranched alkanes of at least 4 members (excludes halogenated alkanes) is 3. The van der Waals surface area contributed by atoms with E-state index in [1.165, 1.54) is 0 Å². The Kier molecular flexibility index (Phi) is 8.86. The quantitative estimate of drug-likeness (QED) is 0.281. The van der Waals surface area contributed by atoms with Crippen molar-refractivity contribution in [2.24, 2.45) is 0 Å². The largest absolute Gasteiger partial charge is 0.540 e. The maximum Gasteiger partial charge on any atom is 0.540 e. The van der Waals surface area contributed by atoms with Crippen LogP contribution in [0.15, 0.2) is 0 Å². The van der Waals surface area contributed by atoms with Crippen LogP contribution in [0.5, 0.6) is 0 Å². The van der Waals surface area contributed by atoms with Crippen molar-refractivity contribution in [1.29, 1.82) is 0 Å². The Morgan fingerprint density at radius 2 is 1.65 bits per heavy atom. The molecule has 1 unspecified atom stereocenters. The second kappa shape index (κ2) is 9.28. The van der Waals surface area contributed by atoms with Gasteiger partial charge in [-0.15, -0.1) is 0 Å². The van der Waals surface area contributed by atoms with Crippen molar-refractivity contribution >= 4 is 6.16 Å². The van der Waals surface area contributed by atoms with Gasteiger partial charge in [0, 0.05) is 0 Å². The Bertz CT molecular complexity index is 206. The first-order chi connectivity index (χ1) is 8.14. The van der Waals surface area contributed by atoms with Gasteiger partial charge in [-0.25, -0.2) is 4.79 Å². The van der Waals surface area contributed by atoms with Gasteiger partial charge < -0.3 is 4.74 Å². The maximum absolute atomic E-state index is 11.1. The van der Waals surface area contributed by atoms with Gasteiger partial charge in [-0.3, -0.25) is 4.89 Å². The van der Waals surface area contributed by atoms with Gasteiger partial charge in [0.2, 0.25) is 0 Å². The average molecular weight is 246 g/mol. The summed E-state index contributed by atoms with van der Waals surface area (Å²) in [5, 5.41) is 8.32. The fourth-order valence-corrected chi connectivity index (χ4v) is 2.04. The van der Waals surface area contributed by atoms with Gasteiger partial charge in [0.05, 0.1) is 0 Å². The summed E-state index contributed by atoms with van der Waals surface area (Å²) in [7, 11) is 0. The van der Waals surface area contributed by atoms with E-state index in [1.807, 2.05) is 6.92 Å². The van der Waals surface area contributed by atoms with Gasteiger partial charge in [0.25, 0.3) is 0 Å². The Hall–Kier alpha value is -0.770. The standard InChI is InChI=1S/C13H26O4/c1-4-7-9-11-13(6-3,10-8-5-2)16-12(14)17-15/h15H,4-11H2,1-3H3. The molecular formula is C13H26O4. The minimum atomic E-state index is -0.987. The number of carbonyl (C=O) groups excluding carboxylic acids is 1. The zero-order chi connectivity index (χ0) is 13.1. The normalized spacial score (nSPS) is 14.1. The Morgan fingerprint density at radius 1 is 1.06 bits per heavy atom. The van der Waals surface area contributed by atoms with Crippen LogP contribution < -0.4 is 0 Å². The van der Waals surface area contributed by atoms with Crippen molar-refractivity contribution in [3.63, 3.8) is 0 Å². The number of ether oxygens (including phenoxy) is 1. The molecular weight excluding hydrogens is 220 g/mol. The number of hydrogen-bond acceptors (Lipinski definition) is 4. The molecule has 4 heteroatoms. The molecule has 102 valence electrons. The molecule has 0 fully saturated rings. The fraction of sp³-hybridized carbons (Fsp3) is 0.923. The first-order valence-electron chi connectivity index (χ1n) is 6.68. The van der Waals surface area contributed by atoms with Crippen LogP contribution in [-0.2, 0) is 9.62 Å². The summed E-state index contributed by atoms with van der Waals surface area (Å²) >= 11 is 0. The molecule has 4 nitrogen and oxygen atoms in total. The molecule has 0 amide bonds. The summed E-state index contributed by atoms with van der Waals surface area (Å²) in [5.74, 6) is 0. The molecule has 0 aromatic rings. The van der Waals surface area contributed by atoms with E-state index in [0.29, 0.717) is 0 Å². The van der Waals surface area contributed by atoms with Gasteiger partial charge in [0.1, 0.15) is 5.60 Å². The van der Waals surface area contributed by atoms with E-state index in [1.54, 1.807) is 0 Å². The molecule has 0 aliphatic rings. The van der Waals surface area contributed by atoms with Crippen LogP contribution in [-0.4, -0.2) is 17.0 Å². The monoisotopic (exact) mass is 246 g/mol. The summed E-state index contributed by atoms with van der Waals surface area (Å²) in [6.07, 6.45) is 6.82. The Labute approximate surface area is 104 Å². The van der Waals surface area contributed by atoms with Crippen LogP contribution in [0.3, 0.4) is 0 Å². The predicted molar refractivity (Wildman–Crippen MR) is 66.9 cm³/mol. The molecule has 0 aliphatic carbocycles. The van der Waals surface area contributed by atoms with Crippen molar-refractivity contribution in [3.05, 3.63) is 0 Å². The maximum atomic E-state index is 11.1. The van der Waals surface area contributed by atoms with Gasteiger partial charge in [-0.05, 0) is 32.1 Å². The van der Waals surface area contributed by atoms with E-state index in [2.05, 4.69) is 18.7 Å². The number of hydrogen-bond donors (Lipinski definition) is 1. The molecule has 0 saturated carbocycles.